The summed E-state index contributed by atoms with van der Waals surface area (Å²) in [5.41, 5.74) is -3.00. The van der Waals surface area contributed by atoms with E-state index in [9.17, 15) is 17.6 Å². The Morgan fingerprint density at radius 1 is 1.19 bits per heavy atom. The molecule has 1 aromatic carbocycles. The molecule has 110 valence electrons. The number of rotatable bonds is 3. The monoisotopic (exact) mass is 409 g/mol. The summed E-state index contributed by atoms with van der Waals surface area (Å²) < 4.78 is 61.6. The van der Waals surface area contributed by atoms with E-state index in [-0.39, 0.29) is 12.2 Å². The van der Waals surface area contributed by atoms with Crippen LogP contribution in [0.1, 0.15) is 11.3 Å². The molecule has 1 saturated heterocycles. The van der Waals surface area contributed by atoms with Gasteiger partial charge >= 0.3 is 5.92 Å². The van der Waals surface area contributed by atoms with E-state index >= 15 is 0 Å². The topological polar surface area (TPSA) is 25.4 Å². The molecule has 2 heterocycles. The Kier molecular flexibility index (Phi) is 3.44. The van der Waals surface area contributed by atoms with Crippen LogP contribution in [0.3, 0.4) is 0 Å². The molecule has 1 atom stereocenters. The van der Waals surface area contributed by atoms with Gasteiger partial charge in [0.15, 0.2) is 5.60 Å². The minimum Gasteiger partial charge on any atom is -0.357 e. The molecule has 0 bridgehead atoms. The highest BCUT2D eigenvalue weighted by atomic mass is 127. The first kappa shape index (κ1) is 14.7. The Balaban J connectivity index is 2.06. The average Bonchev–Trinajstić information content (AvgIpc) is 3.21. The molecule has 0 radical (unpaired) electrons. The van der Waals surface area contributed by atoms with Crippen molar-refractivity contribution in [3.05, 3.63) is 63.0 Å². The third-order valence-electron chi connectivity index (χ3n) is 3.36. The molecule has 0 amide bonds. The minimum atomic E-state index is -3.52. The number of benzene rings is 1. The Morgan fingerprint density at radius 3 is 2.43 bits per heavy atom. The van der Waals surface area contributed by atoms with Crippen LogP contribution >= 0.6 is 22.6 Å². The lowest BCUT2D eigenvalue weighted by Gasteiger charge is -2.24. The summed E-state index contributed by atoms with van der Waals surface area (Å²) in [5.74, 6) is -5.41. The zero-order chi connectivity index (χ0) is 15.3. The standard InChI is InChI=1S/C14H8F4INO/c15-8-1-3-10(11(16)5-8)13(7-21-13)14(17,18)12-4-2-9(19)6-20-12/h1-6H,7H2/t13-/m0/s1. The van der Waals surface area contributed by atoms with E-state index in [2.05, 4.69) is 4.98 Å². The largest absolute Gasteiger partial charge is 0.357 e. The second-order valence-electron chi connectivity index (χ2n) is 4.68. The number of hydrogen-bond donors (Lipinski definition) is 0. The maximum absolute atomic E-state index is 14.6. The first-order valence-corrected chi connectivity index (χ1v) is 7.04. The summed E-state index contributed by atoms with van der Waals surface area (Å²) in [4.78, 5) is 3.69. The summed E-state index contributed by atoms with van der Waals surface area (Å²) in [6.45, 7) is -0.351. The highest BCUT2D eigenvalue weighted by molar-refractivity contribution is 14.1. The summed E-state index contributed by atoms with van der Waals surface area (Å²) in [7, 11) is 0. The fourth-order valence-corrected chi connectivity index (χ4v) is 2.48. The molecule has 0 spiro atoms. The van der Waals surface area contributed by atoms with Gasteiger partial charge in [0.1, 0.15) is 17.3 Å². The van der Waals surface area contributed by atoms with Crippen molar-refractivity contribution in [2.24, 2.45) is 0 Å². The molecule has 1 fully saturated rings. The lowest BCUT2D eigenvalue weighted by atomic mass is 9.90. The Labute approximate surface area is 131 Å². The molecular formula is C14H8F4INO. The number of halogens is 5. The van der Waals surface area contributed by atoms with Crippen LogP contribution in [0, 0.1) is 15.2 Å². The summed E-state index contributed by atoms with van der Waals surface area (Å²) >= 11 is 1.94. The van der Waals surface area contributed by atoms with Crippen molar-refractivity contribution in [2.45, 2.75) is 11.5 Å². The second-order valence-corrected chi connectivity index (χ2v) is 5.92. The highest BCUT2D eigenvalue weighted by Gasteiger charge is 2.68. The average molecular weight is 409 g/mol. The first-order chi connectivity index (χ1) is 9.87. The van der Waals surface area contributed by atoms with Gasteiger partial charge in [0.05, 0.1) is 6.61 Å². The lowest BCUT2D eigenvalue weighted by molar-refractivity contribution is -0.0902. The Bertz CT molecular complexity index is 686. The predicted molar refractivity (Wildman–Crippen MR) is 74.8 cm³/mol. The van der Waals surface area contributed by atoms with Gasteiger partial charge in [-0.25, -0.2) is 8.78 Å². The number of pyridine rings is 1. The lowest BCUT2D eigenvalue weighted by Crippen LogP contribution is -2.34. The molecular weight excluding hydrogens is 401 g/mol. The Hall–Kier alpha value is -1.22. The first-order valence-electron chi connectivity index (χ1n) is 5.96. The third kappa shape index (κ3) is 2.32. The molecule has 1 aromatic heterocycles. The maximum atomic E-state index is 14.6. The van der Waals surface area contributed by atoms with Crippen LogP contribution in [0.25, 0.3) is 0 Å². The maximum Gasteiger partial charge on any atom is 0.324 e. The van der Waals surface area contributed by atoms with Crippen molar-refractivity contribution in [1.82, 2.24) is 4.98 Å². The van der Waals surface area contributed by atoms with Crippen molar-refractivity contribution >= 4 is 22.6 Å². The van der Waals surface area contributed by atoms with Crippen LogP contribution < -0.4 is 0 Å². The van der Waals surface area contributed by atoms with Gasteiger partial charge in [0.25, 0.3) is 0 Å². The van der Waals surface area contributed by atoms with Crippen LogP contribution in [0.2, 0.25) is 0 Å². The molecule has 21 heavy (non-hydrogen) atoms. The van der Waals surface area contributed by atoms with Crippen LogP contribution in [0.15, 0.2) is 36.5 Å². The molecule has 0 aliphatic carbocycles. The van der Waals surface area contributed by atoms with E-state index in [4.69, 9.17) is 4.74 Å². The van der Waals surface area contributed by atoms with Gasteiger partial charge in [-0.15, -0.1) is 0 Å². The van der Waals surface area contributed by atoms with Gasteiger partial charge in [0.2, 0.25) is 0 Å². The molecule has 1 aliphatic heterocycles. The second kappa shape index (κ2) is 4.91. The molecule has 0 N–H and O–H groups in total. The van der Waals surface area contributed by atoms with Crippen LogP contribution in [-0.2, 0) is 16.3 Å². The molecule has 0 saturated carbocycles. The van der Waals surface area contributed by atoms with Gasteiger partial charge < -0.3 is 4.74 Å². The van der Waals surface area contributed by atoms with E-state index in [0.717, 1.165) is 12.1 Å². The molecule has 7 heteroatoms. The number of nitrogens with zero attached hydrogens (tertiary/aromatic N) is 1. The zero-order valence-corrected chi connectivity index (χ0v) is 12.6. The predicted octanol–water partition coefficient (Wildman–Crippen LogP) is 3.98. The fraction of sp³-hybridized carbons (Fsp3) is 0.214. The number of aromatic nitrogens is 1. The van der Waals surface area contributed by atoms with Crippen molar-refractivity contribution in [2.75, 3.05) is 6.61 Å². The van der Waals surface area contributed by atoms with E-state index in [1.807, 2.05) is 22.6 Å². The SMILES string of the molecule is Fc1ccc([C@]2(C(F)(F)c3ccc(I)cn3)CO2)c(F)c1. The van der Waals surface area contributed by atoms with Crippen LogP contribution in [-0.4, -0.2) is 11.6 Å². The smallest absolute Gasteiger partial charge is 0.324 e. The fourth-order valence-electron chi connectivity index (χ4n) is 2.16. The van der Waals surface area contributed by atoms with Gasteiger partial charge in [0, 0.05) is 21.4 Å². The highest BCUT2D eigenvalue weighted by Crippen LogP contribution is 2.56. The number of ether oxygens (including phenoxy) is 1. The van der Waals surface area contributed by atoms with Gasteiger partial charge in [-0.1, -0.05) is 0 Å². The molecule has 2 nitrogen and oxygen atoms in total. The van der Waals surface area contributed by atoms with E-state index in [1.165, 1.54) is 18.3 Å². The zero-order valence-electron chi connectivity index (χ0n) is 10.4. The molecule has 1 aliphatic rings. The number of alkyl halides is 2. The summed E-state index contributed by atoms with van der Waals surface area (Å²) in [6, 6.07) is 5.13. The quantitative estimate of drug-likeness (QED) is 0.436. The van der Waals surface area contributed by atoms with Crippen molar-refractivity contribution < 1.29 is 22.3 Å². The Morgan fingerprint density at radius 2 is 1.90 bits per heavy atom. The summed E-state index contributed by atoms with van der Waals surface area (Å²) in [5, 5.41) is 0. The number of hydrogen-bond acceptors (Lipinski definition) is 2. The van der Waals surface area contributed by atoms with Crippen LogP contribution in [0.4, 0.5) is 17.6 Å². The van der Waals surface area contributed by atoms with Crippen molar-refractivity contribution in [3.8, 4) is 0 Å². The molecule has 0 unspecified atom stereocenters. The third-order valence-corrected chi connectivity index (χ3v) is 3.99. The molecule has 2 aromatic rings. The number of epoxide rings is 1. The summed E-state index contributed by atoms with van der Waals surface area (Å²) in [6.07, 6.45) is 1.29. The van der Waals surface area contributed by atoms with Crippen LogP contribution in [0.5, 0.6) is 0 Å². The molecule has 3 rings (SSSR count). The minimum absolute atomic E-state index is 0.351. The van der Waals surface area contributed by atoms with E-state index in [1.54, 1.807) is 0 Å². The van der Waals surface area contributed by atoms with Gasteiger partial charge in [-0.3, -0.25) is 4.98 Å². The van der Waals surface area contributed by atoms with Crippen molar-refractivity contribution in [3.63, 3.8) is 0 Å². The van der Waals surface area contributed by atoms with E-state index in [0.29, 0.717) is 9.64 Å². The van der Waals surface area contributed by atoms with Gasteiger partial charge in [-0.2, -0.15) is 8.78 Å². The van der Waals surface area contributed by atoms with E-state index < -0.39 is 28.9 Å². The normalized spacial score (nSPS) is 21.4. The van der Waals surface area contributed by atoms with Gasteiger partial charge in [-0.05, 0) is 46.9 Å². The van der Waals surface area contributed by atoms with Crippen molar-refractivity contribution in [1.29, 1.82) is 0 Å².